The van der Waals surface area contributed by atoms with E-state index in [0.29, 0.717) is 6.04 Å². The third-order valence-electron chi connectivity index (χ3n) is 3.99. The predicted molar refractivity (Wildman–Crippen MR) is 73.3 cm³/mol. The van der Waals surface area contributed by atoms with Gasteiger partial charge in [-0.3, -0.25) is 4.90 Å². The lowest BCUT2D eigenvalue weighted by Crippen LogP contribution is -2.40. The zero-order valence-electron chi connectivity index (χ0n) is 10.8. The van der Waals surface area contributed by atoms with E-state index in [1.165, 1.54) is 31.2 Å². The summed E-state index contributed by atoms with van der Waals surface area (Å²) in [6.45, 7) is 2.88. The van der Waals surface area contributed by atoms with Crippen LogP contribution >= 0.6 is 0 Å². The summed E-state index contributed by atoms with van der Waals surface area (Å²) in [6.07, 6.45) is 5.08. The van der Waals surface area contributed by atoms with Crippen molar-refractivity contribution < 1.29 is 4.74 Å². The molecule has 0 spiro atoms. The minimum Gasteiger partial charge on any atom is -0.399 e. The molecular formula is C15H22N2O. The molecule has 1 aliphatic heterocycles. The molecule has 1 aromatic rings. The van der Waals surface area contributed by atoms with Crippen molar-refractivity contribution in [3.63, 3.8) is 0 Å². The molecule has 0 unspecified atom stereocenters. The Bertz CT molecular complexity index is 397. The molecule has 0 radical (unpaired) electrons. The Kier molecular flexibility index (Phi) is 3.52. The average molecular weight is 246 g/mol. The zero-order chi connectivity index (χ0) is 12.4. The lowest BCUT2D eigenvalue weighted by molar-refractivity contribution is 0.0276. The van der Waals surface area contributed by atoms with Gasteiger partial charge in [0.1, 0.15) is 0 Å². The van der Waals surface area contributed by atoms with Crippen LogP contribution in [0.1, 0.15) is 31.2 Å². The maximum absolute atomic E-state index is 5.87. The number of nitrogens with two attached hydrogens (primary N) is 1. The summed E-state index contributed by atoms with van der Waals surface area (Å²) in [5, 5.41) is 0. The number of ether oxygens (including phenoxy) is 1. The van der Waals surface area contributed by atoms with Gasteiger partial charge in [0.25, 0.3) is 0 Å². The van der Waals surface area contributed by atoms with Gasteiger partial charge in [0.05, 0.1) is 0 Å². The number of hydrogen-bond donors (Lipinski definition) is 1. The second-order valence-corrected chi connectivity index (χ2v) is 5.49. The Morgan fingerprint density at radius 3 is 2.50 bits per heavy atom. The molecule has 1 saturated carbocycles. The van der Waals surface area contributed by atoms with Crippen molar-refractivity contribution in [3.8, 4) is 0 Å². The maximum Gasteiger partial charge on any atom is 0.0480 e. The average Bonchev–Trinajstić information content (AvgIpc) is 3.21. The van der Waals surface area contributed by atoms with Gasteiger partial charge < -0.3 is 10.5 Å². The Labute approximate surface area is 109 Å². The summed E-state index contributed by atoms with van der Waals surface area (Å²) in [7, 11) is 0. The number of nitrogen functional groups attached to an aromatic ring is 1. The molecule has 2 fully saturated rings. The molecule has 0 amide bonds. The van der Waals surface area contributed by atoms with Crippen molar-refractivity contribution in [2.45, 2.75) is 44.3 Å². The number of rotatable bonds is 4. The van der Waals surface area contributed by atoms with Gasteiger partial charge in [0.2, 0.25) is 0 Å². The number of nitrogens with zero attached hydrogens (tertiary/aromatic N) is 1. The van der Waals surface area contributed by atoms with Gasteiger partial charge in [0.15, 0.2) is 0 Å². The fourth-order valence-corrected chi connectivity index (χ4v) is 2.88. The summed E-state index contributed by atoms with van der Waals surface area (Å²) in [4.78, 5) is 2.68. The van der Waals surface area contributed by atoms with Crippen molar-refractivity contribution in [2.24, 2.45) is 0 Å². The van der Waals surface area contributed by atoms with E-state index in [0.717, 1.165) is 31.5 Å². The van der Waals surface area contributed by atoms with Gasteiger partial charge >= 0.3 is 0 Å². The van der Waals surface area contributed by atoms with Gasteiger partial charge in [-0.15, -0.1) is 0 Å². The zero-order valence-corrected chi connectivity index (χ0v) is 10.8. The number of hydrogen-bond acceptors (Lipinski definition) is 3. The largest absolute Gasteiger partial charge is 0.399 e. The molecular weight excluding hydrogens is 224 g/mol. The van der Waals surface area contributed by atoms with Crippen molar-refractivity contribution in [1.29, 1.82) is 0 Å². The first-order chi connectivity index (χ1) is 8.83. The number of anilines is 1. The normalized spacial score (nSPS) is 21.4. The lowest BCUT2D eigenvalue weighted by atomic mass is 10.1. The first-order valence-electron chi connectivity index (χ1n) is 7.01. The molecule has 0 bridgehead atoms. The van der Waals surface area contributed by atoms with Crippen LogP contribution < -0.4 is 5.73 Å². The topological polar surface area (TPSA) is 38.5 Å². The highest BCUT2D eigenvalue weighted by Crippen LogP contribution is 2.33. The van der Waals surface area contributed by atoms with Crippen molar-refractivity contribution in [2.75, 3.05) is 18.9 Å². The second-order valence-electron chi connectivity index (χ2n) is 5.49. The van der Waals surface area contributed by atoms with Crippen LogP contribution in [0.4, 0.5) is 5.69 Å². The van der Waals surface area contributed by atoms with Crippen molar-refractivity contribution >= 4 is 5.69 Å². The SMILES string of the molecule is Nc1cccc(CN(C2CCOCC2)C2CC2)c1. The summed E-state index contributed by atoms with van der Waals surface area (Å²) >= 11 is 0. The molecule has 18 heavy (non-hydrogen) atoms. The van der Waals surface area contributed by atoms with E-state index in [-0.39, 0.29) is 0 Å². The van der Waals surface area contributed by atoms with Crippen LogP contribution in [-0.4, -0.2) is 30.2 Å². The standard InChI is InChI=1S/C15H22N2O/c16-13-3-1-2-12(10-13)11-17(14-4-5-14)15-6-8-18-9-7-15/h1-3,10,14-15H,4-9,11,16H2. The summed E-state index contributed by atoms with van der Waals surface area (Å²) in [5.41, 5.74) is 8.08. The molecule has 3 nitrogen and oxygen atoms in total. The fraction of sp³-hybridized carbons (Fsp3) is 0.600. The molecule has 0 atom stereocenters. The highest BCUT2D eigenvalue weighted by molar-refractivity contribution is 5.40. The van der Waals surface area contributed by atoms with Crippen LogP contribution in [-0.2, 0) is 11.3 Å². The number of benzene rings is 1. The van der Waals surface area contributed by atoms with Crippen LogP contribution in [0, 0.1) is 0 Å². The summed E-state index contributed by atoms with van der Waals surface area (Å²) in [6, 6.07) is 9.81. The van der Waals surface area contributed by atoms with Crippen LogP contribution in [0.3, 0.4) is 0 Å². The van der Waals surface area contributed by atoms with E-state index < -0.39 is 0 Å². The van der Waals surface area contributed by atoms with Crippen LogP contribution in [0.25, 0.3) is 0 Å². The molecule has 2 aliphatic rings. The molecule has 1 heterocycles. The Morgan fingerprint density at radius 2 is 1.83 bits per heavy atom. The van der Waals surface area contributed by atoms with Crippen LogP contribution in [0.5, 0.6) is 0 Å². The lowest BCUT2D eigenvalue weighted by Gasteiger charge is -2.34. The Hall–Kier alpha value is -1.06. The summed E-state index contributed by atoms with van der Waals surface area (Å²) in [5.74, 6) is 0. The van der Waals surface area contributed by atoms with E-state index in [9.17, 15) is 0 Å². The smallest absolute Gasteiger partial charge is 0.0480 e. The van der Waals surface area contributed by atoms with E-state index in [4.69, 9.17) is 10.5 Å². The molecule has 2 N–H and O–H groups in total. The second kappa shape index (κ2) is 5.29. The molecule has 3 rings (SSSR count). The molecule has 98 valence electrons. The van der Waals surface area contributed by atoms with E-state index in [1.54, 1.807) is 0 Å². The molecule has 3 heteroatoms. The highest BCUT2D eigenvalue weighted by atomic mass is 16.5. The summed E-state index contributed by atoms with van der Waals surface area (Å²) < 4.78 is 5.47. The Morgan fingerprint density at radius 1 is 1.11 bits per heavy atom. The third kappa shape index (κ3) is 2.85. The van der Waals surface area contributed by atoms with Gasteiger partial charge in [0, 0.05) is 37.5 Å². The van der Waals surface area contributed by atoms with Crippen LogP contribution in [0.15, 0.2) is 24.3 Å². The van der Waals surface area contributed by atoms with Crippen LogP contribution in [0.2, 0.25) is 0 Å². The monoisotopic (exact) mass is 246 g/mol. The Balaban J connectivity index is 1.69. The first kappa shape index (κ1) is 12.0. The molecule has 1 saturated heterocycles. The van der Waals surface area contributed by atoms with Crippen molar-refractivity contribution in [3.05, 3.63) is 29.8 Å². The quantitative estimate of drug-likeness (QED) is 0.829. The van der Waals surface area contributed by atoms with Gasteiger partial charge in [-0.2, -0.15) is 0 Å². The molecule has 1 aliphatic carbocycles. The van der Waals surface area contributed by atoms with Gasteiger partial charge in [-0.25, -0.2) is 0 Å². The predicted octanol–water partition coefficient (Wildman–Crippen LogP) is 2.41. The van der Waals surface area contributed by atoms with Gasteiger partial charge in [-0.05, 0) is 43.4 Å². The minimum absolute atomic E-state index is 0.702. The molecule has 1 aromatic carbocycles. The van der Waals surface area contributed by atoms with Crippen molar-refractivity contribution in [1.82, 2.24) is 4.90 Å². The minimum atomic E-state index is 0.702. The fourth-order valence-electron chi connectivity index (χ4n) is 2.88. The van der Waals surface area contributed by atoms with E-state index in [2.05, 4.69) is 23.1 Å². The first-order valence-corrected chi connectivity index (χ1v) is 7.01. The van der Waals surface area contributed by atoms with E-state index >= 15 is 0 Å². The van der Waals surface area contributed by atoms with Gasteiger partial charge in [-0.1, -0.05) is 12.1 Å². The van der Waals surface area contributed by atoms with E-state index in [1.807, 2.05) is 6.07 Å². The maximum atomic E-state index is 5.87. The third-order valence-corrected chi connectivity index (χ3v) is 3.99. The highest BCUT2D eigenvalue weighted by Gasteiger charge is 2.34. The molecule has 0 aromatic heterocycles.